The van der Waals surface area contributed by atoms with Crippen LogP contribution in [0.4, 0.5) is 19.1 Å². The number of nitrogens with zero attached hydrogens (tertiary/aromatic N) is 3. The summed E-state index contributed by atoms with van der Waals surface area (Å²) in [6.07, 6.45) is -2.83. The molecule has 0 fully saturated rings. The molecule has 0 atom stereocenters. The molecule has 0 aliphatic carbocycles. The van der Waals surface area contributed by atoms with Gasteiger partial charge in [0.1, 0.15) is 6.54 Å². The number of carbonyl (C=O) groups is 2. The number of ether oxygens (including phenoxy) is 1. The SMILES string of the molecule is COCCN(CC(=O)Nc1nc(-c2ccccc2)cn1-c1ccc(C(F)(F)F)cc1)C(=O)C(C)C. The van der Waals surface area contributed by atoms with Gasteiger partial charge in [-0.15, -0.1) is 0 Å². The van der Waals surface area contributed by atoms with Gasteiger partial charge in [-0.25, -0.2) is 4.98 Å². The molecule has 2 aromatic carbocycles. The summed E-state index contributed by atoms with van der Waals surface area (Å²) in [5.41, 5.74) is 0.898. The Morgan fingerprint density at radius 3 is 2.31 bits per heavy atom. The fourth-order valence-corrected chi connectivity index (χ4v) is 3.40. The maximum absolute atomic E-state index is 13.0. The highest BCUT2D eigenvalue weighted by molar-refractivity contribution is 5.94. The molecule has 0 aliphatic rings. The molecule has 0 aliphatic heterocycles. The third-order valence-corrected chi connectivity index (χ3v) is 5.20. The monoisotopic (exact) mass is 488 g/mol. The Hall–Kier alpha value is -3.66. The van der Waals surface area contributed by atoms with Crippen LogP contribution in [0.25, 0.3) is 16.9 Å². The molecule has 0 radical (unpaired) electrons. The largest absolute Gasteiger partial charge is 0.416 e. The molecule has 3 rings (SSSR count). The summed E-state index contributed by atoms with van der Waals surface area (Å²) in [4.78, 5) is 31.3. The molecule has 0 saturated heterocycles. The van der Waals surface area contributed by atoms with E-state index in [-0.39, 0.29) is 37.5 Å². The van der Waals surface area contributed by atoms with Gasteiger partial charge in [-0.3, -0.25) is 19.5 Å². The van der Waals surface area contributed by atoms with E-state index in [0.29, 0.717) is 11.4 Å². The maximum Gasteiger partial charge on any atom is 0.416 e. The number of carbonyl (C=O) groups excluding carboxylic acids is 2. The second kappa shape index (κ2) is 11.2. The minimum Gasteiger partial charge on any atom is -0.383 e. The van der Waals surface area contributed by atoms with Crippen molar-refractivity contribution in [3.8, 4) is 16.9 Å². The van der Waals surface area contributed by atoms with Crippen LogP contribution in [0.1, 0.15) is 19.4 Å². The van der Waals surface area contributed by atoms with E-state index < -0.39 is 17.6 Å². The number of rotatable bonds is 9. The Morgan fingerprint density at radius 1 is 1.09 bits per heavy atom. The van der Waals surface area contributed by atoms with Crippen LogP contribution in [0.2, 0.25) is 0 Å². The van der Waals surface area contributed by atoms with Crippen LogP contribution >= 0.6 is 0 Å². The first-order valence-electron chi connectivity index (χ1n) is 11.0. The summed E-state index contributed by atoms with van der Waals surface area (Å²) in [7, 11) is 1.50. The second-order valence-corrected chi connectivity index (χ2v) is 8.19. The molecule has 0 saturated carbocycles. The van der Waals surface area contributed by atoms with Crippen molar-refractivity contribution in [2.45, 2.75) is 20.0 Å². The predicted octanol–water partition coefficient (Wildman–Crippen LogP) is 4.63. The van der Waals surface area contributed by atoms with Crippen LogP contribution in [0.15, 0.2) is 60.8 Å². The lowest BCUT2D eigenvalue weighted by Gasteiger charge is -2.23. The van der Waals surface area contributed by atoms with Gasteiger partial charge in [0.2, 0.25) is 17.8 Å². The molecule has 1 aromatic heterocycles. The Labute approximate surface area is 201 Å². The van der Waals surface area contributed by atoms with Crippen molar-refractivity contribution in [1.29, 1.82) is 0 Å². The van der Waals surface area contributed by atoms with Gasteiger partial charge in [0.25, 0.3) is 0 Å². The molecule has 186 valence electrons. The van der Waals surface area contributed by atoms with Crippen LogP contribution in [-0.4, -0.2) is 53.1 Å². The normalized spacial score (nSPS) is 11.5. The van der Waals surface area contributed by atoms with E-state index in [2.05, 4.69) is 10.3 Å². The molecular weight excluding hydrogens is 461 g/mol. The lowest BCUT2D eigenvalue weighted by atomic mass is 10.2. The van der Waals surface area contributed by atoms with E-state index in [0.717, 1.165) is 17.7 Å². The summed E-state index contributed by atoms with van der Waals surface area (Å²) < 4.78 is 45.6. The number of halogens is 3. The van der Waals surface area contributed by atoms with Crippen LogP contribution in [-0.2, 0) is 20.5 Å². The number of nitrogens with one attached hydrogen (secondary N) is 1. The van der Waals surface area contributed by atoms with Crippen LogP contribution in [0, 0.1) is 5.92 Å². The second-order valence-electron chi connectivity index (χ2n) is 8.19. The Balaban J connectivity index is 1.91. The summed E-state index contributed by atoms with van der Waals surface area (Å²) in [5.74, 6) is -0.877. The lowest BCUT2D eigenvalue weighted by molar-refractivity contribution is -0.138. The van der Waals surface area contributed by atoms with Crippen LogP contribution in [0.3, 0.4) is 0 Å². The van der Waals surface area contributed by atoms with Crippen molar-refractivity contribution in [2.75, 3.05) is 32.1 Å². The third kappa shape index (κ3) is 6.69. The van der Waals surface area contributed by atoms with Crippen molar-refractivity contribution in [2.24, 2.45) is 5.92 Å². The number of anilines is 1. The first-order chi connectivity index (χ1) is 16.6. The first-order valence-corrected chi connectivity index (χ1v) is 11.0. The topological polar surface area (TPSA) is 76.5 Å². The van der Waals surface area contributed by atoms with Gasteiger partial charge < -0.3 is 9.64 Å². The molecule has 0 unspecified atom stereocenters. The molecule has 2 amide bonds. The summed E-state index contributed by atoms with van der Waals surface area (Å²) in [5, 5.41) is 2.70. The summed E-state index contributed by atoms with van der Waals surface area (Å²) >= 11 is 0. The fraction of sp³-hybridized carbons (Fsp3) is 0.320. The van der Waals surface area contributed by atoms with Crippen LogP contribution < -0.4 is 5.32 Å². The highest BCUT2D eigenvalue weighted by Crippen LogP contribution is 2.31. The number of methoxy groups -OCH3 is 1. The third-order valence-electron chi connectivity index (χ3n) is 5.20. The van der Waals surface area contributed by atoms with E-state index in [1.807, 2.05) is 30.3 Å². The number of hydrogen-bond donors (Lipinski definition) is 1. The van der Waals surface area contributed by atoms with Crippen molar-refractivity contribution in [3.63, 3.8) is 0 Å². The van der Waals surface area contributed by atoms with E-state index in [1.165, 1.54) is 28.7 Å². The lowest BCUT2D eigenvalue weighted by Crippen LogP contribution is -2.42. The number of alkyl halides is 3. The molecule has 1 heterocycles. The predicted molar refractivity (Wildman–Crippen MR) is 126 cm³/mol. The zero-order valence-electron chi connectivity index (χ0n) is 19.7. The number of amides is 2. The fourth-order valence-electron chi connectivity index (χ4n) is 3.40. The first kappa shape index (κ1) is 26.0. The molecule has 7 nitrogen and oxygen atoms in total. The number of benzene rings is 2. The Morgan fingerprint density at radius 2 is 1.74 bits per heavy atom. The van der Waals surface area contributed by atoms with E-state index in [9.17, 15) is 22.8 Å². The molecule has 10 heteroatoms. The standard InChI is InChI=1S/C25H27F3N4O3/c1-17(2)23(34)31(13-14-35-3)16-22(33)30-24-29-21(18-7-5-4-6-8-18)15-32(24)20-11-9-19(10-12-20)25(26,27)28/h4-12,15,17H,13-14,16H2,1-3H3,(H,29,30,33). The molecule has 1 N–H and O–H groups in total. The molecule has 0 spiro atoms. The van der Waals surface area contributed by atoms with E-state index in [1.54, 1.807) is 20.0 Å². The van der Waals surface area contributed by atoms with Crippen molar-refractivity contribution in [3.05, 3.63) is 66.4 Å². The highest BCUT2D eigenvalue weighted by Gasteiger charge is 2.30. The number of aromatic nitrogens is 2. The Bertz CT molecular complexity index is 1140. The average molecular weight is 489 g/mol. The molecule has 35 heavy (non-hydrogen) atoms. The van der Waals surface area contributed by atoms with Crippen molar-refractivity contribution >= 4 is 17.8 Å². The zero-order chi connectivity index (χ0) is 25.6. The van der Waals surface area contributed by atoms with Gasteiger partial charge in [0.05, 0.1) is 17.9 Å². The van der Waals surface area contributed by atoms with Gasteiger partial charge in [-0.1, -0.05) is 44.2 Å². The van der Waals surface area contributed by atoms with Crippen molar-refractivity contribution in [1.82, 2.24) is 14.5 Å². The van der Waals surface area contributed by atoms with Crippen LogP contribution in [0.5, 0.6) is 0 Å². The van der Waals surface area contributed by atoms with E-state index in [4.69, 9.17) is 4.74 Å². The smallest absolute Gasteiger partial charge is 0.383 e. The van der Waals surface area contributed by atoms with Gasteiger partial charge in [0, 0.05) is 37.0 Å². The Kier molecular flexibility index (Phi) is 8.29. The minimum absolute atomic E-state index is 0.122. The average Bonchev–Trinajstić information content (AvgIpc) is 3.24. The van der Waals surface area contributed by atoms with E-state index >= 15 is 0 Å². The van der Waals surface area contributed by atoms with Crippen molar-refractivity contribution < 1.29 is 27.5 Å². The van der Waals surface area contributed by atoms with Gasteiger partial charge in [-0.2, -0.15) is 13.2 Å². The van der Waals surface area contributed by atoms with Gasteiger partial charge >= 0.3 is 6.18 Å². The molecule has 3 aromatic rings. The quantitative estimate of drug-likeness (QED) is 0.477. The van der Waals surface area contributed by atoms with Gasteiger partial charge in [0.15, 0.2) is 0 Å². The molecule has 0 bridgehead atoms. The highest BCUT2D eigenvalue weighted by atomic mass is 19.4. The van der Waals surface area contributed by atoms with Gasteiger partial charge in [-0.05, 0) is 24.3 Å². The zero-order valence-corrected chi connectivity index (χ0v) is 19.7. The molecular formula is C25H27F3N4O3. The minimum atomic E-state index is -4.46. The maximum atomic E-state index is 13.0. The number of hydrogen-bond acceptors (Lipinski definition) is 4. The summed E-state index contributed by atoms with van der Waals surface area (Å²) in [6.45, 7) is 3.77. The number of imidazole rings is 1. The summed E-state index contributed by atoms with van der Waals surface area (Å²) in [6, 6.07) is 13.7.